The number of aromatic nitrogens is 4. The number of nitrogens with zero attached hydrogens (tertiary/aromatic N) is 5. The third-order valence-corrected chi connectivity index (χ3v) is 7.93. The van der Waals surface area contributed by atoms with Crippen molar-refractivity contribution < 1.29 is 4.79 Å². The van der Waals surface area contributed by atoms with Gasteiger partial charge in [0.1, 0.15) is 12.1 Å². The first-order valence-corrected chi connectivity index (χ1v) is 11.6. The van der Waals surface area contributed by atoms with E-state index in [1.165, 1.54) is 38.5 Å². The van der Waals surface area contributed by atoms with Crippen LogP contribution in [0.5, 0.6) is 0 Å². The van der Waals surface area contributed by atoms with E-state index in [2.05, 4.69) is 36.7 Å². The van der Waals surface area contributed by atoms with Gasteiger partial charge in [0, 0.05) is 36.4 Å². The molecular formula is C22H31N7O. The maximum absolute atomic E-state index is 12.9. The molecule has 5 fully saturated rings. The van der Waals surface area contributed by atoms with Crippen molar-refractivity contribution in [2.45, 2.75) is 69.9 Å². The standard InChI is InChI=1S/C22H31N7O/c1-14-6-19(29-20(25-14)23-13-24-29)28-4-2-18(3-5-28)26-21(30)27-22-10-15-7-16(11-22)9-17(8-15)12-22/h6,13,15-18H,2-5,7-12H2,1H3,(H2,26,27,30). The Labute approximate surface area is 176 Å². The number of piperidine rings is 1. The molecule has 0 aromatic carbocycles. The summed E-state index contributed by atoms with van der Waals surface area (Å²) in [6, 6.07) is 2.34. The predicted molar refractivity (Wildman–Crippen MR) is 113 cm³/mol. The fraction of sp³-hybridized carbons (Fsp3) is 0.727. The van der Waals surface area contributed by atoms with E-state index >= 15 is 0 Å². The molecule has 160 valence electrons. The van der Waals surface area contributed by atoms with E-state index in [0.29, 0.717) is 5.78 Å². The third kappa shape index (κ3) is 3.20. The molecule has 30 heavy (non-hydrogen) atoms. The van der Waals surface area contributed by atoms with E-state index in [1.54, 1.807) is 10.8 Å². The molecule has 1 aliphatic heterocycles. The van der Waals surface area contributed by atoms with Crippen LogP contribution in [0.15, 0.2) is 12.4 Å². The number of aryl methyl sites for hydroxylation is 1. The van der Waals surface area contributed by atoms with Gasteiger partial charge in [-0.15, -0.1) is 0 Å². The Kier molecular flexibility index (Phi) is 4.18. The van der Waals surface area contributed by atoms with Gasteiger partial charge in [0.15, 0.2) is 0 Å². The number of hydrogen-bond acceptors (Lipinski definition) is 5. The molecule has 3 heterocycles. The Bertz CT molecular complexity index is 926. The van der Waals surface area contributed by atoms with Crippen LogP contribution in [-0.4, -0.2) is 50.3 Å². The van der Waals surface area contributed by atoms with Crippen LogP contribution in [0.3, 0.4) is 0 Å². The highest BCUT2D eigenvalue weighted by atomic mass is 16.2. The molecule has 2 aromatic rings. The van der Waals surface area contributed by atoms with Crippen LogP contribution in [0.25, 0.3) is 5.78 Å². The van der Waals surface area contributed by atoms with Crippen LogP contribution in [0.1, 0.15) is 57.1 Å². The number of carbonyl (C=O) groups excluding carboxylic acids is 1. The second kappa shape index (κ2) is 6.82. The van der Waals surface area contributed by atoms with Crippen molar-refractivity contribution >= 4 is 17.6 Å². The van der Waals surface area contributed by atoms with Crippen molar-refractivity contribution in [3.63, 3.8) is 0 Å². The molecule has 0 spiro atoms. The molecule has 8 heteroatoms. The molecule has 7 rings (SSSR count). The van der Waals surface area contributed by atoms with Crippen molar-refractivity contribution in [1.82, 2.24) is 30.2 Å². The Balaban J connectivity index is 1.07. The Morgan fingerprint density at radius 1 is 1.10 bits per heavy atom. The van der Waals surface area contributed by atoms with Gasteiger partial charge in [0.05, 0.1) is 0 Å². The smallest absolute Gasteiger partial charge is 0.315 e. The molecule has 4 aliphatic carbocycles. The molecule has 1 saturated heterocycles. The summed E-state index contributed by atoms with van der Waals surface area (Å²) in [5.74, 6) is 4.21. The molecule has 0 unspecified atom stereocenters. The first-order chi connectivity index (χ1) is 14.6. The zero-order valence-corrected chi connectivity index (χ0v) is 17.7. The van der Waals surface area contributed by atoms with E-state index in [4.69, 9.17) is 0 Å². The molecule has 5 aliphatic rings. The van der Waals surface area contributed by atoms with Gasteiger partial charge >= 0.3 is 6.03 Å². The van der Waals surface area contributed by atoms with Gasteiger partial charge in [-0.3, -0.25) is 0 Å². The third-order valence-electron chi connectivity index (χ3n) is 7.93. The van der Waals surface area contributed by atoms with Crippen molar-refractivity contribution in [1.29, 1.82) is 0 Å². The fourth-order valence-electron chi connectivity index (χ4n) is 7.12. The number of carbonyl (C=O) groups is 1. The monoisotopic (exact) mass is 409 g/mol. The number of hydrogen-bond donors (Lipinski definition) is 2. The lowest BCUT2D eigenvalue weighted by molar-refractivity contribution is -0.0137. The largest absolute Gasteiger partial charge is 0.356 e. The van der Waals surface area contributed by atoms with Gasteiger partial charge in [-0.1, -0.05) is 0 Å². The molecule has 2 N–H and O–H groups in total. The highest BCUT2D eigenvalue weighted by molar-refractivity contribution is 5.75. The number of amides is 2. The Hall–Kier alpha value is -2.38. The number of anilines is 1. The van der Waals surface area contributed by atoms with Gasteiger partial charge in [-0.25, -0.2) is 9.78 Å². The summed E-state index contributed by atoms with van der Waals surface area (Å²) in [4.78, 5) is 23.8. The minimum absolute atomic E-state index is 0.0498. The van der Waals surface area contributed by atoms with Crippen LogP contribution in [0.2, 0.25) is 0 Å². The maximum Gasteiger partial charge on any atom is 0.315 e. The maximum atomic E-state index is 12.9. The zero-order chi connectivity index (χ0) is 20.3. The summed E-state index contributed by atoms with van der Waals surface area (Å²) in [6.45, 7) is 3.77. The summed E-state index contributed by atoms with van der Waals surface area (Å²) >= 11 is 0. The molecule has 2 amide bonds. The normalized spacial score (nSPS) is 33.2. The topological polar surface area (TPSA) is 87.5 Å². The van der Waals surface area contributed by atoms with E-state index in [9.17, 15) is 4.79 Å². The SMILES string of the molecule is Cc1cc(N2CCC(NC(=O)NC34CC5CC(CC(C5)C3)C4)CC2)n2ncnc2n1. The molecule has 8 nitrogen and oxygen atoms in total. The highest BCUT2D eigenvalue weighted by Gasteiger charge is 2.51. The summed E-state index contributed by atoms with van der Waals surface area (Å²) in [5, 5.41) is 11.1. The molecule has 4 bridgehead atoms. The number of fused-ring (bicyclic) bond motifs is 1. The van der Waals surface area contributed by atoms with E-state index < -0.39 is 0 Å². The molecular weight excluding hydrogens is 378 g/mol. The van der Waals surface area contributed by atoms with Gasteiger partial charge in [-0.2, -0.15) is 14.6 Å². The lowest BCUT2D eigenvalue weighted by Gasteiger charge is -2.56. The average Bonchev–Trinajstić information content (AvgIpc) is 3.14. The van der Waals surface area contributed by atoms with Crippen molar-refractivity contribution in [3.8, 4) is 0 Å². The van der Waals surface area contributed by atoms with Crippen LogP contribution >= 0.6 is 0 Å². The van der Waals surface area contributed by atoms with Gasteiger partial charge in [0.25, 0.3) is 5.78 Å². The van der Waals surface area contributed by atoms with Crippen molar-refractivity contribution in [2.24, 2.45) is 17.8 Å². The Morgan fingerprint density at radius 3 is 2.43 bits per heavy atom. The molecule has 4 saturated carbocycles. The van der Waals surface area contributed by atoms with E-state index in [-0.39, 0.29) is 17.6 Å². The second-order valence-corrected chi connectivity index (χ2v) is 10.3. The first kappa shape index (κ1) is 18.4. The van der Waals surface area contributed by atoms with E-state index in [1.807, 2.05) is 6.92 Å². The van der Waals surface area contributed by atoms with Crippen LogP contribution in [0.4, 0.5) is 10.6 Å². The predicted octanol–water partition coefficient (Wildman–Crippen LogP) is 2.67. The zero-order valence-electron chi connectivity index (χ0n) is 17.7. The van der Waals surface area contributed by atoms with E-state index in [0.717, 1.165) is 55.2 Å². The summed E-state index contributed by atoms with van der Waals surface area (Å²) in [7, 11) is 0. The average molecular weight is 410 g/mol. The summed E-state index contributed by atoms with van der Waals surface area (Å²) in [6.07, 6.45) is 11.2. The summed E-state index contributed by atoms with van der Waals surface area (Å²) in [5.41, 5.74) is 1.02. The van der Waals surface area contributed by atoms with Crippen LogP contribution in [-0.2, 0) is 0 Å². The van der Waals surface area contributed by atoms with Crippen molar-refractivity contribution in [3.05, 3.63) is 18.1 Å². The quantitative estimate of drug-likeness (QED) is 0.814. The molecule has 0 atom stereocenters. The highest BCUT2D eigenvalue weighted by Crippen LogP contribution is 2.55. The second-order valence-electron chi connectivity index (χ2n) is 10.3. The van der Waals surface area contributed by atoms with Gasteiger partial charge in [0.2, 0.25) is 0 Å². The number of urea groups is 1. The van der Waals surface area contributed by atoms with Gasteiger partial charge < -0.3 is 15.5 Å². The van der Waals surface area contributed by atoms with Crippen LogP contribution in [0, 0.1) is 24.7 Å². The lowest BCUT2D eigenvalue weighted by atomic mass is 9.53. The first-order valence-electron chi connectivity index (χ1n) is 11.6. The molecule has 0 radical (unpaired) electrons. The minimum Gasteiger partial charge on any atom is -0.356 e. The summed E-state index contributed by atoms with van der Waals surface area (Å²) < 4.78 is 1.81. The van der Waals surface area contributed by atoms with Gasteiger partial charge in [-0.05, 0) is 76.0 Å². The lowest BCUT2D eigenvalue weighted by Crippen LogP contribution is -2.62. The number of nitrogens with one attached hydrogen (secondary N) is 2. The minimum atomic E-state index is 0.0498. The van der Waals surface area contributed by atoms with Crippen LogP contribution < -0.4 is 15.5 Å². The molecule has 2 aromatic heterocycles. The Morgan fingerprint density at radius 2 is 1.77 bits per heavy atom. The number of rotatable bonds is 3. The van der Waals surface area contributed by atoms with Crippen molar-refractivity contribution in [2.75, 3.05) is 18.0 Å². The fourth-order valence-corrected chi connectivity index (χ4v) is 7.12.